The summed E-state index contributed by atoms with van der Waals surface area (Å²) in [6.45, 7) is 4.61. The van der Waals surface area contributed by atoms with Crippen LogP contribution in [0.15, 0.2) is 16.6 Å². The molecule has 2 heterocycles. The van der Waals surface area contributed by atoms with E-state index in [1.165, 1.54) is 37.9 Å². The molecular formula is C16H21BrN2O2. The first-order valence-corrected chi connectivity index (χ1v) is 8.64. The van der Waals surface area contributed by atoms with Gasteiger partial charge in [0.25, 0.3) is 0 Å². The molecule has 1 aromatic rings. The summed E-state index contributed by atoms with van der Waals surface area (Å²) in [7, 11) is 0. The molecule has 1 unspecified atom stereocenters. The second-order valence-corrected chi connectivity index (χ2v) is 7.05. The first-order chi connectivity index (χ1) is 10.3. The number of ether oxygens (including phenoxy) is 2. The van der Waals surface area contributed by atoms with Crippen molar-refractivity contribution in [2.24, 2.45) is 0 Å². The van der Waals surface area contributed by atoms with Crippen LogP contribution in [0.4, 0.5) is 0 Å². The van der Waals surface area contributed by atoms with Gasteiger partial charge >= 0.3 is 0 Å². The lowest BCUT2D eigenvalue weighted by molar-refractivity contribution is 0.170. The van der Waals surface area contributed by atoms with Gasteiger partial charge in [-0.15, -0.1) is 0 Å². The number of benzene rings is 1. The third-order valence-corrected chi connectivity index (χ3v) is 5.12. The molecule has 1 N–H and O–H groups in total. The van der Waals surface area contributed by atoms with Gasteiger partial charge in [0.05, 0.1) is 4.47 Å². The van der Waals surface area contributed by atoms with E-state index in [-0.39, 0.29) is 0 Å². The summed E-state index contributed by atoms with van der Waals surface area (Å²) in [5.41, 5.74) is 1.25. The monoisotopic (exact) mass is 352 g/mol. The molecule has 3 aliphatic rings. The summed E-state index contributed by atoms with van der Waals surface area (Å²) in [6.07, 6.45) is 4.08. The SMILES string of the molecule is Brc1cc(CNC2CCN(C3CC3)C2)cc2c1OCCO2. The predicted molar refractivity (Wildman–Crippen MR) is 85.0 cm³/mol. The van der Waals surface area contributed by atoms with E-state index in [0.29, 0.717) is 19.3 Å². The Morgan fingerprint density at radius 3 is 2.90 bits per heavy atom. The predicted octanol–water partition coefficient (Wildman–Crippen LogP) is 2.55. The van der Waals surface area contributed by atoms with E-state index < -0.39 is 0 Å². The molecular weight excluding hydrogens is 332 g/mol. The highest BCUT2D eigenvalue weighted by Gasteiger charge is 2.34. The molecule has 0 radical (unpaired) electrons. The highest BCUT2D eigenvalue weighted by Crippen LogP contribution is 2.38. The van der Waals surface area contributed by atoms with Crippen LogP contribution in [-0.4, -0.2) is 43.3 Å². The van der Waals surface area contributed by atoms with Gasteiger partial charge in [-0.2, -0.15) is 0 Å². The van der Waals surface area contributed by atoms with Crippen molar-refractivity contribution in [3.8, 4) is 11.5 Å². The molecule has 1 saturated carbocycles. The summed E-state index contributed by atoms with van der Waals surface area (Å²) in [5, 5.41) is 3.69. The number of likely N-dealkylation sites (tertiary alicyclic amines) is 1. The molecule has 0 spiro atoms. The van der Waals surface area contributed by atoms with Gasteiger partial charge in [-0.1, -0.05) is 0 Å². The molecule has 0 aromatic heterocycles. The Balaban J connectivity index is 1.37. The van der Waals surface area contributed by atoms with Crippen molar-refractivity contribution in [2.45, 2.75) is 37.9 Å². The van der Waals surface area contributed by atoms with Crippen LogP contribution in [0, 0.1) is 0 Å². The average molecular weight is 353 g/mol. The molecule has 2 aliphatic heterocycles. The zero-order chi connectivity index (χ0) is 14.2. The van der Waals surface area contributed by atoms with Crippen molar-refractivity contribution < 1.29 is 9.47 Å². The topological polar surface area (TPSA) is 33.7 Å². The minimum Gasteiger partial charge on any atom is -0.486 e. The van der Waals surface area contributed by atoms with Crippen LogP contribution in [0.25, 0.3) is 0 Å². The summed E-state index contributed by atoms with van der Waals surface area (Å²) < 4.78 is 12.3. The number of halogens is 1. The molecule has 114 valence electrons. The lowest BCUT2D eigenvalue weighted by Crippen LogP contribution is -2.32. The third-order valence-electron chi connectivity index (χ3n) is 4.53. The molecule has 21 heavy (non-hydrogen) atoms. The second-order valence-electron chi connectivity index (χ2n) is 6.19. The lowest BCUT2D eigenvalue weighted by atomic mass is 10.1. The fourth-order valence-electron chi connectivity index (χ4n) is 3.25. The third kappa shape index (κ3) is 3.05. The van der Waals surface area contributed by atoms with E-state index in [0.717, 1.165) is 28.6 Å². The lowest BCUT2D eigenvalue weighted by Gasteiger charge is -2.21. The Kier molecular flexibility index (Phi) is 3.81. The Hall–Kier alpha value is -0.780. The number of rotatable bonds is 4. The maximum absolute atomic E-state index is 5.68. The summed E-state index contributed by atoms with van der Waals surface area (Å²) >= 11 is 3.58. The Morgan fingerprint density at radius 1 is 1.19 bits per heavy atom. The van der Waals surface area contributed by atoms with Gasteiger partial charge in [-0.05, 0) is 52.9 Å². The fraction of sp³-hybridized carbons (Fsp3) is 0.625. The van der Waals surface area contributed by atoms with E-state index in [2.05, 4.69) is 38.3 Å². The molecule has 4 nitrogen and oxygen atoms in total. The number of fused-ring (bicyclic) bond motifs is 1. The van der Waals surface area contributed by atoms with Crippen molar-refractivity contribution in [1.29, 1.82) is 0 Å². The Morgan fingerprint density at radius 2 is 2.05 bits per heavy atom. The fourth-order valence-corrected chi connectivity index (χ4v) is 3.86. The number of hydrogen-bond donors (Lipinski definition) is 1. The summed E-state index contributed by atoms with van der Waals surface area (Å²) in [5.74, 6) is 1.70. The van der Waals surface area contributed by atoms with Gasteiger partial charge in [0.15, 0.2) is 11.5 Å². The molecule has 0 amide bonds. The first kappa shape index (κ1) is 13.9. The van der Waals surface area contributed by atoms with E-state index in [1.807, 2.05) is 0 Å². The standard InChI is InChI=1S/C16H21BrN2O2/c17-14-7-11(8-15-16(14)21-6-5-20-15)9-18-12-3-4-19(10-12)13-1-2-13/h7-8,12-13,18H,1-6,9-10H2. The number of hydrogen-bond acceptors (Lipinski definition) is 4. The molecule has 1 atom stereocenters. The normalized spacial score (nSPS) is 25.3. The van der Waals surface area contributed by atoms with Crippen LogP contribution in [0.1, 0.15) is 24.8 Å². The summed E-state index contributed by atoms with van der Waals surface area (Å²) in [6, 6.07) is 5.74. The minimum atomic E-state index is 0.623. The molecule has 0 bridgehead atoms. The van der Waals surface area contributed by atoms with Crippen LogP contribution in [-0.2, 0) is 6.54 Å². The molecule has 5 heteroatoms. The number of nitrogens with one attached hydrogen (secondary N) is 1. The second kappa shape index (κ2) is 5.78. The van der Waals surface area contributed by atoms with E-state index in [1.54, 1.807) is 0 Å². The van der Waals surface area contributed by atoms with Gasteiger partial charge in [-0.25, -0.2) is 0 Å². The van der Waals surface area contributed by atoms with Crippen LogP contribution >= 0.6 is 15.9 Å². The molecule has 1 saturated heterocycles. The van der Waals surface area contributed by atoms with E-state index >= 15 is 0 Å². The molecule has 1 aliphatic carbocycles. The Bertz CT molecular complexity index is 533. The van der Waals surface area contributed by atoms with Crippen molar-refractivity contribution in [3.05, 3.63) is 22.2 Å². The number of nitrogens with zero attached hydrogens (tertiary/aromatic N) is 1. The Labute approximate surface area is 133 Å². The van der Waals surface area contributed by atoms with Crippen LogP contribution < -0.4 is 14.8 Å². The minimum absolute atomic E-state index is 0.623. The highest BCUT2D eigenvalue weighted by atomic mass is 79.9. The van der Waals surface area contributed by atoms with Crippen molar-refractivity contribution in [3.63, 3.8) is 0 Å². The van der Waals surface area contributed by atoms with Gasteiger partial charge in [-0.3, -0.25) is 4.90 Å². The molecule has 2 fully saturated rings. The van der Waals surface area contributed by atoms with Gasteiger partial charge in [0, 0.05) is 31.7 Å². The summed E-state index contributed by atoms with van der Waals surface area (Å²) in [4.78, 5) is 2.64. The van der Waals surface area contributed by atoms with Crippen LogP contribution in [0.2, 0.25) is 0 Å². The zero-order valence-electron chi connectivity index (χ0n) is 12.1. The quantitative estimate of drug-likeness (QED) is 0.902. The average Bonchev–Trinajstić information content (AvgIpc) is 3.24. The van der Waals surface area contributed by atoms with Crippen molar-refractivity contribution >= 4 is 15.9 Å². The zero-order valence-corrected chi connectivity index (χ0v) is 13.7. The van der Waals surface area contributed by atoms with Crippen molar-refractivity contribution in [2.75, 3.05) is 26.3 Å². The maximum Gasteiger partial charge on any atom is 0.175 e. The van der Waals surface area contributed by atoms with Gasteiger partial charge < -0.3 is 14.8 Å². The maximum atomic E-state index is 5.68. The van der Waals surface area contributed by atoms with Crippen LogP contribution in [0.5, 0.6) is 11.5 Å². The van der Waals surface area contributed by atoms with E-state index in [9.17, 15) is 0 Å². The van der Waals surface area contributed by atoms with Gasteiger partial charge in [0.1, 0.15) is 13.2 Å². The largest absolute Gasteiger partial charge is 0.486 e. The highest BCUT2D eigenvalue weighted by molar-refractivity contribution is 9.10. The smallest absolute Gasteiger partial charge is 0.175 e. The molecule has 4 rings (SSSR count). The van der Waals surface area contributed by atoms with Crippen molar-refractivity contribution in [1.82, 2.24) is 10.2 Å². The molecule has 1 aromatic carbocycles. The van der Waals surface area contributed by atoms with Crippen LogP contribution in [0.3, 0.4) is 0 Å². The first-order valence-electron chi connectivity index (χ1n) is 7.85. The van der Waals surface area contributed by atoms with E-state index in [4.69, 9.17) is 9.47 Å². The van der Waals surface area contributed by atoms with Gasteiger partial charge in [0.2, 0.25) is 0 Å².